The number of hydrogen-bond acceptors (Lipinski definition) is 2. The van der Waals surface area contributed by atoms with E-state index >= 15 is 0 Å². The van der Waals surface area contributed by atoms with Crippen molar-refractivity contribution in [2.75, 3.05) is 5.32 Å². The topological polar surface area (TPSA) is 25.2 Å². The molecule has 15 heavy (non-hydrogen) atoms. The number of benzene rings is 1. The van der Waals surface area contributed by atoms with E-state index in [1.54, 1.807) is 0 Å². The maximum Gasteiger partial charge on any atom is 0.169 e. The molecule has 0 atom stereocenters. The summed E-state index contributed by atoms with van der Waals surface area (Å²) < 4.78 is 6.17. The zero-order chi connectivity index (χ0) is 10.7. The molecule has 0 amide bonds. The molecule has 2 nitrogen and oxygen atoms in total. The largest absolute Gasteiger partial charge is 0.452 e. The maximum absolute atomic E-state index is 5.40. The number of aryl methyl sites for hydroxylation is 1. The molecule has 3 heteroatoms. The van der Waals surface area contributed by atoms with Crippen LogP contribution in [-0.2, 0) is 6.54 Å². The van der Waals surface area contributed by atoms with Crippen molar-refractivity contribution in [2.45, 2.75) is 13.5 Å². The summed E-state index contributed by atoms with van der Waals surface area (Å²) in [7, 11) is 0. The van der Waals surface area contributed by atoms with Gasteiger partial charge in [-0.3, -0.25) is 0 Å². The molecule has 2 rings (SSSR count). The highest BCUT2D eigenvalue weighted by molar-refractivity contribution is 9.10. The number of hydrogen-bond donors (Lipinski definition) is 1. The van der Waals surface area contributed by atoms with Gasteiger partial charge in [-0.05, 0) is 46.6 Å². The van der Waals surface area contributed by atoms with Crippen molar-refractivity contribution in [3.8, 4) is 0 Å². The van der Waals surface area contributed by atoms with E-state index in [1.165, 1.54) is 5.56 Å². The summed E-state index contributed by atoms with van der Waals surface area (Å²) in [4.78, 5) is 0. The van der Waals surface area contributed by atoms with E-state index in [0.29, 0.717) is 6.54 Å². The lowest BCUT2D eigenvalue weighted by atomic mass is 10.2. The van der Waals surface area contributed by atoms with Gasteiger partial charge in [0.1, 0.15) is 5.76 Å². The van der Waals surface area contributed by atoms with Crippen LogP contribution >= 0.6 is 15.9 Å². The van der Waals surface area contributed by atoms with Crippen molar-refractivity contribution >= 4 is 21.6 Å². The van der Waals surface area contributed by atoms with Crippen LogP contribution in [0.2, 0.25) is 0 Å². The molecule has 78 valence electrons. The second-order valence-corrected chi connectivity index (χ2v) is 4.16. The van der Waals surface area contributed by atoms with E-state index in [2.05, 4.69) is 40.3 Å². The molecule has 0 spiro atoms. The summed E-state index contributed by atoms with van der Waals surface area (Å²) >= 11 is 3.28. The van der Waals surface area contributed by atoms with Gasteiger partial charge in [0.15, 0.2) is 4.67 Å². The quantitative estimate of drug-likeness (QED) is 0.909. The number of rotatable bonds is 3. The summed E-state index contributed by atoms with van der Waals surface area (Å²) in [6.07, 6.45) is 0. The summed E-state index contributed by atoms with van der Waals surface area (Å²) in [6, 6.07) is 12.1. The highest BCUT2D eigenvalue weighted by Gasteiger charge is 2.00. The maximum atomic E-state index is 5.40. The Morgan fingerprint density at radius 1 is 1.20 bits per heavy atom. The Labute approximate surface area is 97.4 Å². The second-order valence-electron chi connectivity index (χ2n) is 3.37. The Morgan fingerprint density at radius 2 is 2.00 bits per heavy atom. The third-order valence-electron chi connectivity index (χ3n) is 2.23. The van der Waals surface area contributed by atoms with Gasteiger partial charge in [0.25, 0.3) is 0 Å². The molecule has 0 unspecified atom stereocenters. The number of anilines is 1. The van der Waals surface area contributed by atoms with Crippen LogP contribution in [0.15, 0.2) is 45.5 Å². The Kier molecular flexibility index (Phi) is 3.11. The van der Waals surface area contributed by atoms with Gasteiger partial charge in [-0.2, -0.15) is 0 Å². The van der Waals surface area contributed by atoms with E-state index in [1.807, 2.05) is 24.3 Å². The third-order valence-corrected chi connectivity index (χ3v) is 2.65. The van der Waals surface area contributed by atoms with Gasteiger partial charge in [-0.15, -0.1) is 0 Å². The third kappa shape index (κ3) is 2.63. The summed E-state index contributed by atoms with van der Waals surface area (Å²) in [5, 5.41) is 3.33. The molecule has 0 aliphatic rings. The summed E-state index contributed by atoms with van der Waals surface area (Å²) in [5.74, 6) is 0.921. The number of nitrogens with one attached hydrogen (secondary N) is 1. The first-order valence-electron chi connectivity index (χ1n) is 4.79. The fourth-order valence-electron chi connectivity index (χ4n) is 1.40. The molecule has 0 aliphatic heterocycles. The Morgan fingerprint density at radius 3 is 2.67 bits per heavy atom. The van der Waals surface area contributed by atoms with Crippen LogP contribution in [0.4, 0.5) is 5.69 Å². The average Bonchev–Trinajstić information content (AvgIpc) is 2.63. The van der Waals surface area contributed by atoms with Gasteiger partial charge < -0.3 is 9.73 Å². The lowest BCUT2D eigenvalue weighted by Crippen LogP contribution is -1.99. The smallest absolute Gasteiger partial charge is 0.169 e. The molecule has 0 radical (unpaired) electrons. The van der Waals surface area contributed by atoms with Gasteiger partial charge >= 0.3 is 0 Å². The van der Waals surface area contributed by atoms with Crippen LogP contribution in [0.25, 0.3) is 0 Å². The van der Waals surface area contributed by atoms with Gasteiger partial charge in [0.2, 0.25) is 0 Å². The molecule has 0 bridgehead atoms. The van der Waals surface area contributed by atoms with Crippen molar-refractivity contribution in [3.05, 3.63) is 52.4 Å². The number of furan rings is 1. The Balaban J connectivity index is 2.02. The molecular formula is C12H12BrNO. The van der Waals surface area contributed by atoms with E-state index in [-0.39, 0.29) is 0 Å². The SMILES string of the molecule is Cc1ccccc1NCc1ccc(Br)o1. The van der Waals surface area contributed by atoms with E-state index < -0.39 is 0 Å². The lowest BCUT2D eigenvalue weighted by Gasteiger charge is -2.06. The highest BCUT2D eigenvalue weighted by Crippen LogP contribution is 2.17. The van der Waals surface area contributed by atoms with Gasteiger partial charge in [0, 0.05) is 5.69 Å². The first kappa shape index (κ1) is 10.3. The highest BCUT2D eigenvalue weighted by atomic mass is 79.9. The first-order valence-corrected chi connectivity index (χ1v) is 5.59. The van der Waals surface area contributed by atoms with Crippen molar-refractivity contribution in [1.82, 2.24) is 0 Å². The molecular weight excluding hydrogens is 254 g/mol. The van der Waals surface area contributed by atoms with Crippen molar-refractivity contribution < 1.29 is 4.42 Å². The Hall–Kier alpha value is -1.22. The molecule has 0 saturated heterocycles. The minimum absolute atomic E-state index is 0.705. The zero-order valence-electron chi connectivity index (χ0n) is 8.46. The molecule has 0 saturated carbocycles. The molecule has 1 aromatic heterocycles. The summed E-state index contributed by atoms with van der Waals surface area (Å²) in [6.45, 7) is 2.79. The second kappa shape index (κ2) is 4.53. The molecule has 1 N–H and O–H groups in total. The molecule has 0 fully saturated rings. The van der Waals surface area contributed by atoms with Crippen LogP contribution in [0, 0.1) is 6.92 Å². The average molecular weight is 266 g/mol. The predicted octanol–water partition coefficient (Wildman–Crippen LogP) is 3.96. The van der Waals surface area contributed by atoms with Gasteiger partial charge in [-0.25, -0.2) is 0 Å². The Bertz CT molecular complexity index is 450. The van der Waals surface area contributed by atoms with Crippen LogP contribution in [0.3, 0.4) is 0 Å². The lowest BCUT2D eigenvalue weighted by molar-refractivity contribution is 0.495. The monoisotopic (exact) mass is 265 g/mol. The number of para-hydroxylation sites is 1. The minimum atomic E-state index is 0.705. The fraction of sp³-hybridized carbons (Fsp3) is 0.167. The van der Waals surface area contributed by atoms with Gasteiger partial charge in [0.05, 0.1) is 6.54 Å². The molecule has 2 aromatic rings. The zero-order valence-corrected chi connectivity index (χ0v) is 10.0. The van der Waals surface area contributed by atoms with E-state index in [9.17, 15) is 0 Å². The van der Waals surface area contributed by atoms with Crippen LogP contribution in [0.5, 0.6) is 0 Å². The standard InChI is InChI=1S/C12H12BrNO/c1-9-4-2-3-5-11(9)14-8-10-6-7-12(13)15-10/h2-7,14H,8H2,1H3. The first-order chi connectivity index (χ1) is 7.25. The molecule has 0 aliphatic carbocycles. The van der Waals surface area contributed by atoms with Crippen LogP contribution in [0.1, 0.15) is 11.3 Å². The van der Waals surface area contributed by atoms with Crippen molar-refractivity contribution in [3.63, 3.8) is 0 Å². The van der Waals surface area contributed by atoms with Crippen LogP contribution in [-0.4, -0.2) is 0 Å². The number of halogens is 1. The fourth-order valence-corrected chi connectivity index (χ4v) is 1.74. The molecule has 1 aromatic carbocycles. The van der Waals surface area contributed by atoms with Crippen molar-refractivity contribution in [2.24, 2.45) is 0 Å². The van der Waals surface area contributed by atoms with Crippen molar-refractivity contribution in [1.29, 1.82) is 0 Å². The predicted molar refractivity (Wildman–Crippen MR) is 64.9 cm³/mol. The van der Waals surface area contributed by atoms with Gasteiger partial charge in [-0.1, -0.05) is 18.2 Å². The normalized spacial score (nSPS) is 10.3. The van der Waals surface area contributed by atoms with Crippen LogP contribution < -0.4 is 5.32 Å². The van der Waals surface area contributed by atoms with E-state index in [4.69, 9.17) is 4.42 Å². The minimum Gasteiger partial charge on any atom is -0.452 e. The molecule has 1 heterocycles. The van der Waals surface area contributed by atoms with E-state index in [0.717, 1.165) is 16.1 Å². The summed E-state index contributed by atoms with van der Waals surface area (Å²) in [5.41, 5.74) is 2.38.